The Balaban J connectivity index is 1.44. The van der Waals surface area contributed by atoms with Crippen molar-refractivity contribution in [1.82, 2.24) is 0 Å². The van der Waals surface area contributed by atoms with Gasteiger partial charge < -0.3 is 10.0 Å². The summed E-state index contributed by atoms with van der Waals surface area (Å²) in [4.78, 5) is 13.4. The summed E-state index contributed by atoms with van der Waals surface area (Å²) in [7, 11) is 0. The number of hydrogen-bond acceptors (Lipinski definition) is 3. The Morgan fingerprint density at radius 3 is 1.69 bits per heavy atom. The lowest BCUT2D eigenvalue weighted by molar-refractivity contribution is -0.130. The highest BCUT2D eigenvalue weighted by Gasteiger charge is 2.13. The van der Waals surface area contributed by atoms with Gasteiger partial charge in [-0.3, -0.25) is 0 Å². The molecule has 5 aromatic rings. The van der Waals surface area contributed by atoms with Gasteiger partial charge in [-0.2, -0.15) is 0 Å². The van der Waals surface area contributed by atoms with E-state index in [0.717, 1.165) is 38.5 Å². The summed E-state index contributed by atoms with van der Waals surface area (Å²) in [5.41, 5.74) is 7.27. The van der Waals surface area contributed by atoms with Crippen molar-refractivity contribution in [2.75, 3.05) is 4.90 Å². The Bertz CT molecular complexity index is 1560. The second-order valence-electron chi connectivity index (χ2n) is 8.93. The number of benzene rings is 4. The molecule has 5 rings (SSSR count). The molecule has 39 heavy (non-hydrogen) atoms. The fourth-order valence-corrected chi connectivity index (χ4v) is 4.94. The number of carboxylic acid groups (broad SMARTS) is 1. The van der Waals surface area contributed by atoms with Crippen molar-refractivity contribution in [3.63, 3.8) is 0 Å². The fraction of sp³-hybridized carbons (Fsp3) is 0. The molecule has 0 bridgehead atoms. The summed E-state index contributed by atoms with van der Waals surface area (Å²) in [5, 5.41) is 12.3. The Morgan fingerprint density at radius 1 is 0.667 bits per heavy atom. The van der Waals surface area contributed by atoms with Crippen LogP contribution in [0.4, 0.5) is 10.7 Å². The Kier molecular flexibility index (Phi) is 7.96. The highest BCUT2D eigenvalue weighted by molar-refractivity contribution is 7.14. The first-order valence-electron chi connectivity index (χ1n) is 12.5. The summed E-state index contributed by atoms with van der Waals surface area (Å²) >= 11 is 1.70. The van der Waals surface area contributed by atoms with E-state index in [1.165, 1.54) is 0 Å². The maximum atomic E-state index is 11.1. The number of carbonyl (C=O) groups is 1. The predicted octanol–water partition coefficient (Wildman–Crippen LogP) is 9.24. The highest BCUT2D eigenvalue weighted by atomic mass is 32.1. The number of nitrogens with zero attached hydrogens (tertiary/aromatic N) is 1. The van der Waals surface area contributed by atoms with Crippen LogP contribution in [0.5, 0.6) is 0 Å². The molecule has 0 aliphatic carbocycles. The predicted molar refractivity (Wildman–Crippen MR) is 165 cm³/mol. The summed E-state index contributed by atoms with van der Waals surface area (Å²) in [6, 6.07) is 40.9. The van der Waals surface area contributed by atoms with E-state index in [-0.39, 0.29) is 5.57 Å². The maximum Gasteiger partial charge on any atom is 0.335 e. The van der Waals surface area contributed by atoms with Crippen LogP contribution >= 0.6 is 11.3 Å². The molecule has 0 aliphatic rings. The van der Waals surface area contributed by atoms with Crippen LogP contribution in [0.1, 0.15) is 27.8 Å². The van der Waals surface area contributed by atoms with Crippen molar-refractivity contribution in [2.45, 2.75) is 0 Å². The van der Waals surface area contributed by atoms with Crippen LogP contribution in [0.25, 0.3) is 23.3 Å². The van der Waals surface area contributed by atoms with Crippen molar-refractivity contribution >= 4 is 51.3 Å². The molecule has 4 aromatic carbocycles. The van der Waals surface area contributed by atoms with Crippen LogP contribution < -0.4 is 4.90 Å². The van der Waals surface area contributed by atoms with E-state index in [4.69, 9.17) is 5.11 Å². The standard InChI is InChI=1S/C35H27NO2S/c1-26(35(37)38)29-20-16-27(17-21-29)14-15-28-18-22-32(23-19-28)36(34-13-8-24-39-34)25-33(30-9-4-2-5-10-30)31-11-6-3-7-12-31/h2-25H,1H2,(H,37,38). The van der Waals surface area contributed by atoms with Crippen LogP contribution in [0.2, 0.25) is 0 Å². The van der Waals surface area contributed by atoms with Crippen LogP contribution in [0.15, 0.2) is 139 Å². The molecule has 0 radical (unpaired) electrons. The smallest absolute Gasteiger partial charge is 0.335 e. The average Bonchev–Trinajstić information content (AvgIpc) is 3.53. The van der Waals surface area contributed by atoms with Gasteiger partial charge in [0.15, 0.2) is 0 Å². The van der Waals surface area contributed by atoms with E-state index in [0.29, 0.717) is 5.56 Å². The van der Waals surface area contributed by atoms with E-state index >= 15 is 0 Å². The molecule has 4 heteroatoms. The zero-order valence-corrected chi connectivity index (χ0v) is 22.1. The molecule has 3 nitrogen and oxygen atoms in total. The number of anilines is 2. The van der Waals surface area contributed by atoms with Gasteiger partial charge in [-0.05, 0) is 57.5 Å². The first kappa shape index (κ1) is 25.7. The van der Waals surface area contributed by atoms with Crippen LogP contribution in [-0.2, 0) is 4.79 Å². The largest absolute Gasteiger partial charge is 0.478 e. The molecule has 0 saturated heterocycles. The molecule has 0 atom stereocenters. The number of rotatable bonds is 9. The molecule has 0 unspecified atom stereocenters. The molecule has 0 amide bonds. The van der Waals surface area contributed by atoms with Crippen molar-refractivity contribution in [1.29, 1.82) is 0 Å². The number of thiophene rings is 1. The quantitative estimate of drug-likeness (QED) is 0.154. The zero-order valence-electron chi connectivity index (χ0n) is 21.3. The average molecular weight is 526 g/mol. The molecule has 190 valence electrons. The third-order valence-electron chi connectivity index (χ3n) is 6.33. The molecule has 0 fully saturated rings. The monoisotopic (exact) mass is 525 g/mol. The lowest BCUT2D eigenvalue weighted by Gasteiger charge is -2.22. The minimum Gasteiger partial charge on any atom is -0.478 e. The number of carboxylic acids is 1. The van der Waals surface area contributed by atoms with Gasteiger partial charge in [-0.15, -0.1) is 11.3 Å². The summed E-state index contributed by atoms with van der Waals surface area (Å²) in [6.45, 7) is 3.62. The molecule has 0 aliphatic heterocycles. The molecular weight excluding hydrogens is 498 g/mol. The van der Waals surface area contributed by atoms with Crippen molar-refractivity contribution in [3.05, 3.63) is 167 Å². The number of aliphatic carboxylic acids is 1. The summed E-state index contributed by atoms with van der Waals surface area (Å²) < 4.78 is 0. The van der Waals surface area contributed by atoms with E-state index in [2.05, 4.69) is 114 Å². The van der Waals surface area contributed by atoms with Crippen molar-refractivity contribution in [3.8, 4) is 0 Å². The van der Waals surface area contributed by atoms with Crippen LogP contribution in [-0.4, -0.2) is 11.1 Å². The summed E-state index contributed by atoms with van der Waals surface area (Å²) in [5.74, 6) is -1.01. The van der Waals surface area contributed by atoms with Gasteiger partial charge in [0.2, 0.25) is 0 Å². The third-order valence-corrected chi connectivity index (χ3v) is 7.20. The maximum absolute atomic E-state index is 11.1. The molecule has 1 heterocycles. The molecule has 1 aromatic heterocycles. The molecule has 1 N–H and O–H groups in total. The first-order valence-corrected chi connectivity index (χ1v) is 13.4. The van der Waals surface area contributed by atoms with E-state index < -0.39 is 5.97 Å². The fourth-order valence-electron chi connectivity index (χ4n) is 4.21. The minimum absolute atomic E-state index is 0.0909. The normalized spacial score (nSPS) is 10.8. The Labute approximate surface area is 233 Å². The lowest BCUT2D eigenvalue weighted by Crippen LogP contribution is -2.08. The van der Waals surface area contributed by atoms with Gasteiger partial charge in [0.1, 0.15) is 0 Å². The minimum atomic E-state index is -1.01. The van der Waals surface area contributed by atoms with Gasteiger partial charge in [-0.25, -0.2) is 4.79 Å². The van der Waals surface area contributed by atoms with Crippen LogP contribution in [0, 0.1) is 0 Å². The highest BCUT2D eigenvalue weighted by Crippen LogP contribution is 2.34. The van der Waals surface area contributed by atoms with E-state index in [1.807, 2.05) is 30.3 Å². The number of hydrogen-bond donors (Lipinski definition) is 1. The molecule has 0 spiro atoms. The third kappa shape index (κ3) is 6.32. The van der Waals surface area contributed by atoms with Gasteiger partial charge in [0.25, 0.3) is 0 Å². The van der Waals surface area contributed by atoms with Gasteiger partial charge in [0.05, 0.1) is 10.6 Å². The topological polar surface area (TPSA) is 40.5 Å². The zero-order chi connectivity index (χ0) is 27.0. The summed E-state index contributed by atoms with van der Waals surface area (Å²) in [6.07, 6.45) is 6.28. The van der Waals surface area contributed by atoms with Gasteiger partial charge in [0, 0.05) is 17.5 Å². The first-order chi connectivity index (χ1) is 19.1. The second-order valence-corrected chi connectivity index (χ2v) is 9.85. The van der Waals surface area contributed by atoms with Gasteiger partial charge >= 0.3 is 5.97 Å². The lowest BCUT2D eigenvalue weighted by atomic mass is 9.98. The molecule has 0 saturated carbocycles. The Hall–Kier alpha value is -4.93. The van der Waals surface area contributed by atoms with Crippen LogP contribution in [0.3, 0.4) is 0 Å². The second kappa shape index (κ2) is 12.1. The molecular formula is C35H27NO2S. The SMILES string of the molecule is C=C(C(=O)O)c1ccc(C=Cc2ccc(N(C=C(c3ccccc3)c3ccccc3)c3cccs3)cc2)cc1. The van der Waals surface area contributed by atoms with E-state index in [1.54, 1.807) is 23.5 Å². The van der Waals surface area contributed by atoms with Gasteiger partial charge in [-0.1, -0.05) is 116 Å². The Morgan fingerprint density at radius 2 is 1.21 bits per heavy atom. The van der Waals surface area contributed by atoms with E-state index in [9.17, 15) is 4.79 Å². The van der Waals surface area contributed by atoms with Crippen molar-refractivity contribution < 1.29 is 9.90 Å². The van der Waals surface area contributed by atoms with Crippen molar-refractivity contribution in [2.24, 2.45) is 0 Å².